The van der Waals surface area contributed by atoms with Gasteiger partial charge >= 0.3 is 5.97 Å². The Kier molecular flexibility index (Phi) is 9.68. The van der Waals surface area contributed by atoms with Gasteiger partial charge in [0.25, 0.3) is 5.91 Å². The van der Waals surface area contributed by atoms with Crippen LogP contribution >= 0.6 is 23.1 Å². The number of nitrogens with zero attached hydrogens (tertiary/aromatic N) is 1. The summed E-state index contributed by atoms with van der Waals surface area (Å²) in [7, 11) is 0. The van der Waals surface area contributed by atoms with Gasteiger partial charge in [-0.3, -0.25) is 9.59 Å². The summed E-state index contributed by atoms with van der Waals surface area (Å²) in [6, 6.07) is 0. The normalized spacial score (nSPS) is 10.5. The van der Waals surface area contributed by atoms with Gasteiger partial charge in [-0.25, -0.2) is 4.79 Å². The topological polar surface area (TPSA) is 102 Å². The van der Waals surface area contributed by atoms with E-state index in [4.69, 9.17) is 10.5 Å². The summed E-state index contributed by atoms with van der Waals surface area (Å²) in [5.74, 6) is -0.0221. The number of ether oxygens (including phenoxy) is 1. The molecule has 0 atom stereocenters. The third kappa shape index (κ3) is 5.72. The molecule has 0 radical (unpaired) electrons. The fraction of sp³-hybridized carbons (Fsp3) is 0.588. The van der Waals surface area contributed by atoms with E-state index in [9.17, 15) is 14.4 Å². The van der Waals surface area contributed by atoms with Gasteiger partial charge in [0.1, 0.15) is 5.00 Å². The molecule has 2 amide bonds. The predicted molar refractivity (Wildman–Crippen MR) is 107 cm³/mol. The van der Waals surface area contributed by atoms with Gasteiger partial charge in [0, 0.05) is 25.4 Å². The number of hydrogen-bond acceptors (Lipinski definition) is 7. The number of thiophene rings is 1. The molecule has 1 aromatic rings. The molecule has 0 aliphatic rings. The van der Waals surface area contributed by atoms with Crippen molar-refractivity contribution in [3.05, 3.63) is 16.0 Å². The molecule has 0 aliphatic carbocycles. The number of hydrogen-bond donors (Lipinski definition) is 2. The molecule has 0 spiro atoms. The number of esters is 1. The van der Waals surface area contributed by atoms with E-state index in [1.165, 1.54) is 11.8 Å². The average molecular weight is 402 g/mol. The van der Waals surface area contributed by atoms with Crippen molar-refractivity contribution in [2.75, 3.05) is 43.1 Å². The van der Waals surface area contributed by atoms with E-state index >= 15 is 0 Å². The maximum absolute atomic E-state index is 12.7. The quantitative estimate of drug-likeness (QED) is 0.461. The lowest BCUT2D eigenvalue weighted by Gasteiger charge is -2.18. The van der Waals surface area contributed by atoms with Crippen LogP contribution in [0.4, 0.5) is 5.00 Å². The Balaban J connectivity index is 3.17. The van der Waals surface area contributed by atoms with Gasteiger partial charge in [-0.15, -0.1) is 11.3 Å². The van der Waals surface area contributed by atoms with Crippen molar-refractivity contribution in [2.24, 2.45) is 5.73 Å². The summed E-state index contributed by atoms with van der Waals surface area (Å²) in [4.78, 5) is 39.3. The Bertz CT molecular complexity index is 642. The van der Waals surface area contributed by atoms with Crippen molar-refractivity contribution in [3.63, 3.8) is 0 Å². The molecule has 0 saturated carbocycles. The Hall–Kier alpha value is -1.58. The highest BCUT2D eigenvalue weighted by Crippen LogP contribution is 2.34. The molecule has 0 aromatic carbocycles. The molecule has 1 aromatic heterocycles. The fourth-order valence-electron chi connectivity index (χ4n) is 2.32. The summed E-state index contributed by atoms with van der Waals surface area (Å²) >= 11 is 2.53. The lowest BCUT2D eigenvalue weighted by Crippen LogP contribution is -2.30. The van der Waals surface area contributed by atoms with Crippen LogP contribution in [0.15, 0.2) is 0 Å². The SMILES string of the molecule is CCOC(=O)c1c(NC(=O)CSCCN)sc(C(=O)N(CC)CC)c1C. The Morgan fingerprint density at radius 2 is 1.88 bits per heavy atom. The smallest absolute Gasteiger partial charge is 0.341 e. The molecular formula is C17H27N3O4S2. The number of nitrogens with two attached hydrogens (primary N) is 1. The summed E-state index contributed by atoms with van der Waals surface area (Å²) in [5, 5.41) is 3.10. The zero-order chi connectivity index (χ0) is 19.7. The van der Waals surface area contributed by atoms with Crippen molar-refractivity contribution in [3.8, 4) is 0 Å². The van der Waals surface area contributed by atoms with Crippen LogP contribution in [-0.4, -0.2) is 60.4 Å². The van der Waals surface area contributed by atoms with Crippen molar-refractivity contribution in [2.45, 2.75) is 27.7 Å². The third-order valence-corrected chi connectivity index (χ3v) is 5.81. The molecule has 146 valence electrons. The van der Waals surface area contributed by atoms with Crippen molar-refractivity contribution >= 4 is 45.9 Å². The van der Waals surface area contributed by atoms with Crippen LogP contribution in [0, 0.1) is 6.92 Å². The maximum Gasteiger partial charge on any atom is 0.341 e. The Labute approximate surface area is 162 Å². The lowest BCUT2D eigenvalue weighted by molar-refractivity contribution is -0.113. The van der Waals surface area contributed by atoms with E-state index in [-0.39, 0.29) is 29.7 Å². The first-order chi connectivity index (χ1) is 12.4. The number of thioether (sulfide) groups is 1. The molecular weight excluding hydrogens is 374 g/mol. The van der Waals surface area contributed by atoms with E-state index < -0.39 is 5.97 Å². The van der Waals surface area contributed by atoms with Crippen LogP contribution in [0.3, 0.4) is 0 Å². The van der Waals surface area contributed by atoms with Crippen LogP contribution in [-0.2, 0) is 9.53 Å². The van der Waals surface area contributed by atoms with Crippen LogP contribution in [0.5, 0.6) is 0 Å². The number of anilines is 1. The van der Waals surface area contributed by atoms with E-state index in [1.54, 1.807) is 18.7 Å². The Morgan fingerprint density at radius 3 is 2.42 bits per heavy atom. The molecule has 0 aliphatic heterocycles. The second kappa shape index (κ2) is 11.2. The summed E-state index contributed by atoms with van der Waals surface area (Å²) in [6.07, 6.45) is 0. The molecule has 3 N–H and O–H groups in total. The predicted octanol–water partition coefficient (Wildman–Crippen LogP) is 2.35. The van der Waals surface area contributed by atoms with Crippen LogP contribution in [0.1, 0.15) is 46.4 Å². The fourth-order valence-corrected chi connectivity index (χ4v) is 4.07. The number of amides is 2. The zero-order valence-corrected chi connectivity index (χ0v) is 17.3. The second-order valence-corrected chi connectivity index (χ2v) is 7.47. The van der Waals surface area contributed by atoms with Gasteiger partial charge in [0.05, 0.1) is 22.8 Å². The molecule has 9 heteroatoms. The van der Waals surface area contributed by atoms with E-state index in [0.717, 1.165) is 11.3 Å². The van der Waals surface area contributed by atoms with Gasteiger partial charge in [-0.1, -0.05) is 0 Å². The van der Waals surface area contributed by atoms with Crippen molar-refractivity contribution < 1.29 is 19.1 Å². The first-order valence-electron chi connectivity index (χ1n) is 8.58. The monoisotopic (exact) mass is 401 g/mol. The van der Waals surface area contributed by atoms with Crippen molar-refractivity contribution in [1.29, 1.82) is 0 Å². The maximum atomic E-state index is 12.7. The van der Waals surface area contributed by atoms with Gasteiger partial charge < -0.3 is 20.7 Å². The van der Waals surface area contributed by atoms with Gasteiger partial charge in [-0.2, -0.15) is 11.8 Å². The molecule has 7 nitrogen and oxygen atoms in total. The largest absolute Gasteiger partial charge is 0.462 e. The highest BCUT2D eigenvalue weighted by molar-refractivity contribution is 7.99. The molecule has 0 fully saturated rings. The molecule has 1 rings (SSSR count). The minimum atomic E-state index is -0.537. The van der Waals surface area contributed by atoms with Gasteiger partial charge in [-0.05, 0) is 33.3 Å². The van der Waals surface area contributed by atoms with E-state index in [1.807, 2.05) is 13.8 Å². The number of carbonyl (C=O) groups excluding carboxylic acids is 3. The molecule has 0 bridgehead atoms. The average Bonchev–Trinajstić information content (AvgIpc) is 2.92. The minimum Gasteiger partial charge on any atom is -0.462 e. The second-order valence-electron chi connectivity index (χ2n) is 5.35. The first-order valence-corrected chi connectivity index (χ1v) is 10.6. The van der Waals surface area contributed by atoms with Gasteiger partial charge in [0.2, 0.25) is 5.91 Å². The highest BCUT2D eigenvalue weighted by Gasteiger charge is 2.28. The number of carbonyl (C=O) groups is 3. The summed E-state index contributed by atoms with van der Waals surface area (Å²) < 4.78 is 5.11. The van der Waals surface area contributed by atoms with Crippen LogP contribution < -0.4 is 11.1 Å². The highest BCUT2D eigenvalue weighted by atomic mass is 32.2. The molecule has 0 saturated heterocycles. The number of rotatable bonds is 10. The number of nitrogens with one attached hydrogen (secondary N) is 1. The first kappa shape index (κ1) is 22.5. The molecule has 1 heterocycles. The van der Waals surface area contributed by atoms with E-state index in [2.05, 4.69) is 5.32 Å². The molecule has 0 unspecified atom stereocenters. The minimum absolute atomic E-state index is 0.152. The third-order valence-electron chi connectivity index (χ3n) is 3.62. The standard InChI is InChI=1S/C17H27N3O4S2/c1-5-20(6-2)16(22)14-11(4)13(17(23)24-7-3)15(26-14)19-12(21)10-25-9-8-18/h5-10,18H2,1-4H3,(H,19,21). The van der Waals surface area contributed by atoms with E-state index in [0.29, 0.717) is 40.8 Å². The van der Waals surface area contributed by atoms with Crippen LogP contribution in [0.2, 0.25) is 0 Å². The summed E-state index contributed by atoms with van der Waals surface area (Å²) in [6.45, 7) is 9.06. The molecule has 26 heavy (non-hydrogen) atoms. The lowest BCUT2D eigenvalue weighted by atomic mass is 10.1. The Morgan fingerprint density at radius 1 is 1.23 bits per heavy atom. The zero-order valence-electron chi connectivity index (χ0n) is 15.7. The van der Waals surface area contributed by atoms with Gasteiger partial charge in [0.15, 0.2) is 0 Å². The van der Waals surface area contributed by atoms with Crippen LogP contribution in [0.25, 0.3) is 0 Å². The van der Waals surface area contributed by atoms with Crippen molar-refractivity contribution in [1.82, 2.24) is 4.90 Å². The summed E-state index contributed by atoms with van der Waals surface area (Å²) in [5.41, 5.74) is 6.21.